The molecule has 3 rings (SSSR count). The van der Waals surface area contributed by atoms with Gasteiger partial charge in [-0.1, -0.05) is 35.3 Å². The number of rotatable bonds is 1. The summed E-state index contributed by atoms with van der Waals surface area (Å²) >= 11 is 12.3. The largest absolute Gasteiger partial charge is 0.397 e. The summed E-state index contributed by atoms with van der Waals surface area (Å²) in [7, 11) is 0. The highest BCUT2D eigenvalue weighted by atomic mass is 35.5. The second-order valence-corrected chi connectivity index (χ2v) is 4.65. The smallest absolute Gasteiger partial charge is 0.157 e. The van der Waals surface area contributed by atoms with Crippen LogP contribution in [0.3, 0.4) is 0 Å². The average molecular weight is 278 g/mol. The topological polar surface area (TPSA) is 43.3 Å². The zero-order valence-corrected chi connectivity index (χ0v) is 10.8. The SMILES string of the molecule is Nc1cccn2c(-c3ccccc3Cl)nc(Cl)c12. The van der Waals surface area contributed by atoms with Crippen LogP contribution >= 0.6 is 23.2 Å². The predicted octanol–water partition coefficient (Wildman–Crippen LogP) is 3.89. The zero-order valence-electron chi connectivity index (χ0n) is 9.27. The number of anilines is 1. The number of hydrogen-bond acceptors (Lipinski definition) is 2. The second kappa shape index (κ2) is 4.19. The minimum atomic E-state index is 0.378. The number of nitrogens with two attached hydrogens (primary N) is 1. The summed E-state index contributed by atoms with van der Waals surface area (Å²) in [6, 6.07) is 11.1. The number of imidazole rings is 1. The highest BCUT2D eigenvalue weighted by Gasteiger charge is 2.14. The van der Waals surface area contributed by atoms with E-state index in [4.69, 9.17) is 28.9 Å². The molecular weight excluding hydrogens is 269 g/mol. The monoisotopic (exact) mass is 277 g/mol. The molecule has 90 valence electrons. The van der Waals surface area contributed by atoms with Crippen LogP contribution in [0, 0.1) is 0 Å². The first kappa shape index (κ1) is 11.4. The van der Waals surface area contributed by atoms with Crippen LogP contribution in [0.4, 0.5) is 5.69 Å². The lowest BCUT2D eigenvalue weighted by atomic mass is 10.2. The quantitative estimate of drug-likeness (QED) is 0.733. The van der Waals surface area contributed by atoms with Gasteiger partial charge in [-0.3, -0.25) is 4.40 Å². The molecule has 0 amide bonds. The van der Waals surface area contributed by atoms with E-state index in [1.54, 1.807) is 6.07 Å². The van der Waals surface area contributed by atoms with Gasteiger partial charge in [0.05, 0.1) is 10.7 Å². The van der Waals surface area contributed by atoms with Gasteiger partial charge in [0.1, 0.15) is 11.3 Å². The molecule has 0 saturated heterocycles. The Kier molecular flexibility index (Phi) is 2.65. The zero-order chi connectivity index (χ0) is 12.7. The van der Waals surface area contributed by atoms with Gasteiger partial charge in [-0.15, -0.1) is 0 Å². The lowest BCUT2D eigenvalue weighted by Crippen LogP contribution is -1.93. The van der Waals surface area contributed by atoms with E-state index < -0.39 is 0 Å². The average Bonchev–Trinajstić information content (AvgIpc) is 2.69. The Morgan fingerprint density at radius 2 is 1.83 bits per heavy atom. The van der Waals surface area contributed by atoms with E-state index >= 15 is 0 Å². The third kappa shape index (κ3) is 1.64. The number of nitrogens with zero attached hydrogens (tertiary/aromatic N) is 2. The fourth-order valence-electron chi connectivity index (χ4n) is 1.95. The van der Waals surface area contributed by atoms with E-state index in [0.29, 0.717) is 27.2 Å². The highest BCUT2D eigenvalue weighted by molar-refractivity contribution is 6.34. The van der Waals surface area contributed by atoms with Crippen molar-refractivity contribution in [3.05, 3.63) is 52.8 Å². The van der Waals surface area contributed by atoms with E-state index in [1.165, 1.54) is 0 Å². The van der Waals surface area contributed by atoms with Crippen molar-refractivity contribution < 1.29 is 0 Å². The summed E-state index contributed by atoms with van der Waals surface area (Å²) in [5, 5.41) is 1.01. The number of fused-ring (bicyclic) bond motifs is 1. The Hall–Kier alpha value is -1.71. The van der Waals surface area contributed by atoms with Crippen LogP contribution in [-0.4, -0.2) is 9.38 Å². The molecule has 5 heteroatoms. The van der Waals surface area contributed by atoms with Crippen LogP contribution in [0.25, 0.3) is 16.9 Å². The Morgan fingerprint density at radius 3 is 2.61 bits per heavy atom. The van der Waals surface area contributed by atoms with Gasteiger partial charge in [-0.05, 0) is 24.3 Å². The lowest BCUT2D eigenvalue weighted by molar-refractivity contribution is 1.16. The lowest BCUT2D eigenvalue weighted by Gasteiger charge is -2.04. The van der Waals surface area contributed by atoms with Crippen molar-refractivity contribution in [3.63, 3.8) is 0 Å². The molecule has 0 unspecified atom stereocenters. The van der Waals surface area contributed by atoms with Crippen LogP contribution in [0.15, 0.2) is 42.6 Å². The van der Waals surface area contributed by atoms with Gasteiger partial charge in [0, 0.05) is 11.8 Å². The molecule has 0 spiro atoms. The maximum Gasteiger partial charge on any atom is 0.157 e. The van der Waals surface area contributed by atoms with E-state index in [-0.39, 0.29) is 0 Å². The molecule has 2 heterocycles. The van der Waals surface area contributed by atoms with Crippen molar-refractivity contribution in [3.8, 4) is 11.4 Å². The molecule has 0 bridgehead atoms. The van der Waals surface area contributed by atoms with Crippen molar-refractivity contribution in [1.29, 1.82) is 0 Å². The minimum Gasteiger partial charge on any atom is -0.397 e. The minimum absolute atomic E-state index is 0.378. The Labute approximate surface area is 114 Å². The van der Waals surface area contributed by atoms with Crippen LogP contribution in [0.1, 0.15) is 0 Å². The summed E-state index contributed by atoms with van der Waals surface area (Å²) in [6.07, 6.45) is 1.86. The fraction of sp³-hybridized carbons (Fsp3) is 0. The molecule has 3 nitrogen and oxygen atoms in total. The van der Waals surface area contributed by atoms with Gasteiger partial charge in [0.25, 0.3) is 0 Å². The molecule has 0 atom stereocenters. The van der Waals surface area contributed by atoms with Gasteiger partial charge >= 0.3 is 0 Å². The molecule has 0 radical (unpaired) electrons. The maximum atomic E-state index is 6.18. The van der Waals surface area contributed by atoms with E-state index in [0.717, 1.165) is 5.56 Å². The number of nitrogen functional groups attached to an aromatic ring is 1. The molecule has 0 fully saturated rings. The molecule has 0 saturated carbocycles. The van der Waals surface area contributed by atoms with Gasteiger partial charge in [-0.25, -0.2) is 4.98 Å². The Morgan fingerprint density at radius 1 is 1.06 bits per heavy atom. The van der Waals surface area contributed by atoms with Gasteiger partial charge in [-0.2, -0.15) is 0 Å². The molecule has 1 aromatic carbocycles. The molecule has 0 aliphatic rings. The third-order valence-electron chi connectivity index (χ3n) is 2.77. The van der Waals surface area contributed by atoms with Crippen molar-refractivity contribution in [2.45, 2.75) is 0 Å². The molecule has 0 aliphatic heterocycles. The maximum absolute atomic E-state index is 6.18. The predicted molar refractivity (Wildman–Crippen MR) is 75.1 cm³/mol. The molecule has 0 aliphatic carbocycles. The van der Waals surface area contributed by atoms with Gasteiger partial charge in [0.2, 0.25) is 0 Å². The number of aromatic nitrogens is 2. The fourth-order valence-corrected chi connectivity index (χ4v) is 2.45. The van der Waals surface area contributed by atoms with E-state index in [9.17, 15) is 0 Å². The number of pyridine rings is 1. The van der Waals surface area contributed by atoms with Gasteiger partial charge < -0.3 is 5.73 Å². The first-order chi connectivity index (χ1) is 8.68. The van der Waals surface area contributed by atoms with Crippen LogP contribution in [0.5, 0.6) is 0 Å². The third-order valence-corrected chi connectivity index (χ3v) is 3.36. The van der Waals surface area contributed by atoms with Crippen molar-refractivity contribution in [1.82, 2.24) is 9.38 Å². The summed E-state index contributed by atoms with van der Waals surface area (Å²) in [6.45, 7) is 0. The molecule has 2 aromatic heterocycles. The standard InChI is InChI=1S/C13H9Cl2N3/c14-9-5-2-1-4-8(9)13-17-12(15)11-10(16)6-3-7-18(11)13/h1-7H,16H2. The number of halogens is 2. The Bertz CT molecular complexity index is 734. The van der Waals surface area contributed by atoms with Crippen LogP contribution < -0.4 is 5.73 Å². The second-order valence-electron chi connectivity index (χ2n) is 3.89. The Balaban J connectivity index is 2.38. The van der Waals surface area contributed by atoms with Gasteiger partial charge in [0.15, 0.2) is 5.15 Å². The van der Waals surface area contributed by atoms with Crippen molar-refractivity contribution >= 4 is 34.4 Å². The highest BCUT2D eigenvalue weighted by Crippen LogP contribution is 2.32. The van der Waals surface area contributed by atoms with Crippen molar-refractivity contribution in [2.24, 2.45) is 0 Å². The normalized spacial score (nSPS) is 11.0. The van der Waals surface area contributed by atoms with E-state index in [1.807, 2.05) is 40.9 Å². The first-order valence-corrected chi connectivity index (χ1v) is 6.11. The number of benzene rings is 1. The van der Waals surface area contributed by atoms with Crippen molar-refractivity contribution in [2.75, 3.05) is 5.73 Å². The summed E-state index contributed by atoms with van der Waals surface area (Å²) < 4.78 is 1.85. The summed E-state index contributed by atoms with van der Waals surface area (Å²) in [4.78, 5) is 4.35. The summed E-state index contributed by atoms with van der Waals surface area (Å²) in [5.41, 5.74) is 8.03. The summed E-state index contributed by atoms with van der Waals surface area (Å²) in [5.74, 6) is 0.688. The first-order valence-electron chi connectivity index (χ1n) is 5.35. The van der Waals surface area contributed by atoms with Crippen LogP contribution in [0.2, 0.25) is 10.2 Å². The molecular formula is C13H9Cl2N3. The molecule has 3 aromatic rings. The van der Waals surface area contributed by atoms with E-state index in [2.05, 4.69) is 4.98 Å². The molecule has 18 heavy (non-hydrogen) atoms. The number of hydrogen-bond donors (Lipinski definition) is 1. The van der Waals surface area contributed by atoms with Crippen LogP contribution in [-0.2, 0) is 0 Å². The molecule has 2 N–H and O–H groups in total.